The van der Waals surface area contributed by atoms with Crippen LogP contribution >= 0.6 is 11.8 Å². The summed E-state index contributed by atoms with van der Waals surface area (Å²) in [6, 6.07) is 31.3. The Kier molecular flexibility index (Phi) is 4.78. The van der Waals surface area contributed by atoms with Crippen molar-refractivity contribution in [2.24, 2.45) is 7.05 Å². The number of hydrogen-bond acceptors (Lipinski definition) is 1. The molecule has 1 aromatic heterocycles. The van der Waals surface area contributed by atoms with Crippen LogP contribution in [0.4, 0.5) is 0 Å². The molecule has 5 aromatic carbocycles. The fourth-order valence-corrected chi connectivity index (χ4v) is 7.65. The fraction of sp³-hybridized carbons (Fsp3) is 0.147. The maximum Gasteiger partial charge on any atom is 0.222 e. The van der Waals surface area contributed by atoms with Crippen molar-refractivity contribution in [2.75, 3.05) is 0 Å². The van der Waals surface area contributed by atoms with E-state index in [0.29, 0.717) is 5.92 Å². The van der Waals surface area contributed by atoms with Crippen LogP contribution in [0, 0.1) is 6.92 Å². The molecule has 0 aliphatic carbocycles. The van der Waals surface area contributed by atoms with E-state index in [4.69, 9.17) is 0 Å². The number of aromatic nitrogens is 1. The molecule has 2 heteroatoms. The highest BCUT2D eigenvalue weighted by Gasteiger charge is 2.32. The van der Waals surface area contributed by atoms with Gasteiger partial charge in [-0.2, -0.15) is 0 Å². The molecule has 0 bridgehead atoms. The minimum absolute atomic E-state index is 0.441. The summed E-state index contributed by atoms with van der Waals surface area (Å²) >= 11 is 1.97. The molecule has 1 nitrogen and oxygen atoms in total. The van der Waals surface area contributed by atoms with Crippen LogP contribution in [0.15, 0.2) is 101 Å². The molecule has 0 fully saturated rings. The highest BCUT2D eigenvalue weighted by molar-refractivity contribution is 8.00. The highest BCUT2D eigenvalue weighted by Crippen LogP contribution is 2.54. The third-order valence-corrected chi connectivity index (χ3v) is 8.97. The first-order valence-electron chi connectivity index (χ1n) is 12.7. The van der Waals surface area contributed by atoms with Crippen molar-refractivity contribution in [3.8, 4) is 22.4 Å². The molecule has 0 unspecified atom stereocenters. The zero-order chi connectivity index (χ0) is 24.6. The van der Waals surface area contributed by atoms with Crippen molar-refractivity contribution in [3.05, 3.63) is 102 Å². The van der Waals surface area contributed by atoms with E-state index in [1.807, 2.05) is 11.8 Å². The van der Waals surface area contributed by atoms with E-state index in [0.717, 1.165) is 0 Å². The third-order valence-electron chi connectivity index (χ3n) is 7.80. The second-order valence-corrected chi connectivity index (χ2v) is 11.3. The van der Waals surface area contributed by atoms with Gasteiger partial charge in [-0.15, -0.1) is 0 Å². The largest absolute Gasteiger partial charge is 0.222 e. The first-order valence-corrected chi connectivity index (χ1v) is 13.5. The van der Waals surface area contributed by atoms with Crippen LogP contribution in [0.1, 0.15) is 30.9 Å². The van der Waals surface area contributed by atoms with Gasteiger partial charge in [0.15, 0.2) is 6.20 Å². The highest BCUT2D eigenvalue weighted by atomic mass is 32.2. The van der Waals surface area contributed by atoms with Gasteiger partial charge in [0.2, 0.25) is 5.69 Å². The van der Waals surface area contributed by atoms with Gasteiger partial charge in [0, 0.05) is 21.2 Å². The zero-order valence-corrected chi connectivity index (χ0v) is 21.9. The number of fused-ring (bicyclic) bond motifs is 5. The summed E-state index contributed by atoms with van der Waals surface area (Å²) in [5.74, 6) is 0.441. The van der Waals surface area contributed by atoms with Gasteiger partial charge in [0.25, 0.3) is 0 Å². The smallest absolute Gasteiger partial charge is 0.200 e. The van der Waals surface area contributed by atoms with E-state index in [1.165, 1.54) is 75.6 Å². The minimum atomic E-state index is 0.441. The van der Waals surface area contributed by atoms with Crippen LogP contribution in [0.5, 0.6) is 0 Å². The molecular formula is C34H28NS+. The van der Waals surface area contributed by atoms with Gasteiger partial charge in [0.05, 0.1) is 10.9 Å². The zero-order valence-electron chi connectivity index (χ0n) is 21.1. The number of pyridine rings is 1. The van der Waals surface area contributed by atoms with E-state index < -0.39 is 0 Å². The van der Waals surface area contributed by atoms with Crippen molar-refractivity contribution in [2.45, 2.75) is 36.5 Å². The average Bonchev–Trinajstić information content (AvgIpc) is 2.90. The molecule has 174 valence electrons. The summed E-state index contributed by atoms with van der Waals surface area (Å²) < 4.78 is 2.34. The van der Waals surface area contributed by atoms with E-state index in [9.17, 15) is 0 Å². The number of benzene rings is 5. The molecular weight excluding hydrogens is 454 g/mol. The predicted molar refractivity (Wildman–Crippen MR) is 154 cm³/mol. The maximum atomic E-state index is 2.41. The van der Waals surface area contributed by atoms with Gasteiger partial charge in [-0.1, -0.05) is 92.3 Å². The molecule has 0 saturated heterocycles. The van der Waals surface area contributed by atoms with Gasteiger partial charge in [-0.05, 0) is 68.8 Å². The molecule has 0 spiro atoms. The molecule has 0 amide bonds. The predicted octanol–water partition coefficient (Wildman–Crippen LogP) is 9.20. The van der Waals surface area contributed by atoms with Crippen LogP contribution in [-0.4, -0.2) is 0 Å². The molecule has 36 heavy (non-hydrogen) atoms. The summed E-state index contributed by atoms with van der Waals surface area (Å²) in [4.78, 5) is 2.79. The van der Waals surface area contributed by atoms with Gasteiger partial charge in [0.1, 0.15) is 7.05 Å². The molecule has 7 rings (SSSR count). The van der Waals surface area contributed by atoms with Crippen LogP contribution in [0.2, 0.25) is 0 Å². The van der Waals surface area contributed by atoms with E-state index in [2.05, 4.69) is 124 Å². The number of nitrogens with zero attached hydrogens (tertiary/aromatic N) is 1. The Balaban J connectivity index is 1.62. The third kappa shape index (κ3) is 3.01. The fourth-order valence-electron chi connectivity index (χ4n) is 6.12. The van der Waals surface area contributed by atoms with Gasteiger partial charge >= 0.3 is 0 Å². The lowest BCUT2D eigenvalue weighted by Crippen LogP contribution is -2.32. The molecule has 1 aliphatic heterocycles. The number of hydrogen-bond donors (Lipinski definition) is 0. The summed E-state index contributed by atoms with van der Waals surface area (Å²) in [5.41, 5.74) is 8.12. The van der Waals surface area contributed by atoms with E-state index >= 15 is 0 Å². The lowest BCUT2D eigenvalue weighted by atomic mass is 9.87. The molecule has 0 N–H and O–H groups in total. The molecule has 0 radical (unpaired) electrons. The van der Waals surface area contributed by atoms with Crippen molar-refractivity contribution in [3.63, 3.8) is 0 Å². The Morgan fingerprint density at radius 2 is 1.47 bits per heavy atom. The molecule has 2 heterocycles. The van der Waals surface area contributed by atoms with Crippen molar-refractivity contribution >= 4 is 44.1 Å². The molecule has 6 aromatic rings. The Hall–Kier alpha value is -3.62. The van der Waals surface area contributed by atoms with Crippen LogP contribution < -0.4 is 4.57 Å². The van der Waals surface area contributed by atoms with Crippen LogP contribution in [0.25, 0.3) is 54.7 Å². The average molecular weight is 483 g/mol. The Bertz CT molecular complexity index is 1850. The van der Waals surface area contributed by atoms with Crippen LogP contribution in [-0.2, 0) is 7.05 Å². The molecule has 0 atom stereocenters. The first kappa shape index (κ1) is 21.6. The Morgan fingerprint density at radius 1 is 0.722 bits per heavy atom. The van der Waals surface area contributed by atoms with Crippen molar-refractivity contribution in [1.82, 2.24) is 0 Å². The quantitative estimate of drug-likeness (QED) is 0.175. The monoisotopic (exact) mass is 482 g/mol. The summed E-state index contributed by atoms with van der Waals surface area (Å²) in [7, 11) is 2.20. The SMILES string of the molecule is Cc1c2c(c(C(C)C)c3ccccc13)Sc1cc3ccc(-c4ccccc4)cc3c3cc[n+](C)c-2c13. The minimum Gasteiger partial charge on any atom is -0.200 e. The van der Waals surface area contributed by atoms with Crippen molar-refractivity contribution < 1.29 is 4.57 Å². The van der Waals surface area contributed by atoms with Gasteiger partial charge < -0.3 is 0 Å². The summed E-state index contributed by atoms with van der Waals surface area (Å²) in [6.45, 7) is 6.98. The first-order chi connectivity index (χ1) is 17.5. The summed E-state index contributed by atoms with van der Waals surface area (Å²) in [6.07, 6.45) is 2.25. The van der Waals surface area contributed by atoms with E-state index in [1.54, 1.807) is 0 Å². The lowest BCUT2D eigenvalue weighted by Gasteiger charge is -2.26. The van der Waals surface area contributed by atoms with Crippen LogP contribution in [0.3, 0.4) is 0 Å². The lowest BCUT2D eigenvalue weighted by molar-refractivity contribution is -0.659. The maximum absolute atomic E-state index is 2.41. The standard InChI is InChI=1S/C34H28NS/c1-20(2)30-26-13-9-8-12-25(26)21(3)31-33-32-27(16-17-35(33)4)28-18-23(22-10-6-5-7-11-22)14-15-24(28)19-29(32)36-34(30)31/h5-20H,1-4H3/q+1. The summed E-state index contributed by atoms with van der Waals surface area (Å²) in [5, 5.41) is 8.10. The topological polar surface area (TPSA) is 3.88 Å². The Labute approximate surface area is 216 Å². The molecule has 0 saturated carbocycles. The van der Waals surface area contributed by atoms with Gasteiger partial charge in [-0.25, -0.2) is 4.57 Å². The molecule has 1 aliphatic rings. The normalized spacial score (nSPS) is 12.6. The van der Waals surface area contributed by atoms with Gasteiger partial charge in [-0.3, -0.25) is 0 Å². The number of aryl methyl sites for hydroxylation is 2. The van der Waals surface area contributed by atoms with Crippen molar-refractivity contribution in [1.29, 1.82) is 0 Å². The van der Waals surface area contributed by atoms with E-state index in [-0.39, 0.29) is 0 Å². The Morgan fingerprint density at radius 3 is 2.25 bits per heavy atom. The number of rotatable bonds is 2. The second-order valence-electron chi connectivity index (χ2n) is 10.3. The second kappa shape index (κ2) is 7.94.